The Morgan fingerprint density at radius 3 is 1.62 bits per heavy atom. The summed E-state index contributed by atoms with van der Waals surface area (Å²) in [5.41, 5.74) is 0. The van der Waals surface area contributed by atoms with Gasteiger partial charge in [0.05, 0.1) is 4.58 Å². The molecule has 0 saturated heterocycles. The molecule has 4 nitrogen and oxygen atoms in total. The molecule has 0 fully saturated rings. The Bertz CT molecular complexity index is 623. The zero-order chi connectivity index (χ0) is 17.2. The van der Waals surface area contributed by atoms with Crippen LogP contribution in [0.3, 0.4) is 0 Å². The summed E-state index contributed by atoms with van der Waals surface area (Å²) in [6, 6.07) is 3.65. The summed E-state index contributed by atoms with van der Waals surface area (Å²) in [6.07, 6.45) is 8.55. The second-order valence-corrected chi connectivity index (χ2v) is 8.99. The van der Waals surface area contributed by atoms with Gasteiger partial charge in [0.15, 0.2) is 0 Å². The van der Waals surface area contributed by atoms with Gasteiger partial charge in [0, 0.05) is 52.8 Å². The SMILES string of the molecule is S=CC1SC(Cc2ncccn2)=C(Cc2ncccn2)S1.[Cl][Ni][Cl]. The fraction of sp³-hybridized carbons (Fsp3) is 0.214. The number of rotatable bonds is 5. The van der Waals surface area contributed by atoms with Crippen molar-refractivity contribution in [1.82, 2.24) is 19.9 Å². The molecule has 0 aliphatic carbocycles. The average Bonchev–Trinajstić information content (AvgIpc) is 2.99. The first kappa shape index (κ1) is 20.1. The number of hydrogen-bond donors (Lipinski definition) is 0. The zero-order valence-electron chi connectivity index (χ0n) is 12.1. The van der Waals surface area contributed by atoms with Crippen LogP contribution in [-0.4, -0.2) is 29.9 Å². The molecular weight excluding hydrogens is 450 g/mol. The van der Waals surface area contributed by atoms with E-state index in [0.29, 0.717) is 12.7 Å². The summed E-state index contributed by atoms with van der Waals surface area (Å²) in [5.74, 6) is 1.66. The van der Waals surface area contributed by atoms with E-state index >= 15 is 0 Å². The maximum absolute atomic E-state index is 5.09. The van der Waals surface area contributed by atoms with Crippen molar-refractivity contribution in [3.05, 3.63) is 58.4 Å². The predicted molar refractivity (Wildman–Crippen MR) is 103 cm³/mol. The first-order valence-electron chi connectivity index (χ1n) is 6.61. The van der Waals surface area contributed by atoms with Crippen molar-refractivity contribution in [3.8, 4) is 0 Å². The molecule has 0 radical (unpaired) electrons. The van der Waals surface area contributed by atoms with E-state index in [1.54, 1.807) is 53.7 Å². The molecule has 0 unspecified atom stereocenters. The van der Waals surface area contributed by atoms with Gasteiger partial charge in [-0.2, -0.15) is 0 Å². The van der Waals surface area contributed by atoms with Gasteiger partial charge < -0.3 is 0 Å². The topological polar surface area (TPSA) is 51.6 Å². The van der Waals surface area contributed by atoms with Gasteiger partial charge in [-0.15, -0.1) is 23.5 Å². The van der Waals surface area contributed by atoms with E-state index in [2.05, 4.69) is 19.9 Å². The Kier molecular flexibility index (Phi) is 9.53. The van der Waals surface area contributed by atoms with Crippen LogP contribution in [0.1, 0.15) is 11.6 Å². The summed E-state index contributed by atoms with van der Waals surface area (Å²) in [5, 5.41) is 1.81. The fourth-order valence-corrected chi connectivity index (χ4v) is 4.92. The first-order valence-corrected chi connectivity index (χ1v) is 11.6. The number of thiocarbonyl (C=S) groups is 1. The predicted octanol–water partition coefficient (Wildman–Crippen LogP) is 4.45. The molecule has 0 atom stereocenters. The van der Waals surface area contributed by atoms with E-state index in [9.17, 15) is 0 Å². The maximum atomic E-state index is 5.09. The van der Waals surface area contributed by atoms with Crippen LogP contribution in [0.15, 0.2) is 46.7 Å². The number of halogens is 2. The number of aromatic nitrogens is 4. The van der Waals surface area contributed by atoms with Crippen molar-refractivity contribution in [2.24, 2.45) is 0 Å². The molecule has 0 saturated carbocycles. The van der Waals surface area contributed by atoms with Crippen LogP contribution >= 0.6 is 56.1 Å². The van der Waals surface area contributed by atoms with Gasteiger partial charge in [-0.3, -0.25) is 0 Å². The van der Waals surface area contributed by atoms with Crippen LogP contribution in [0.2, 0.25) is 0 Å². The molecule has 3 rings (SSSR count). The third-order valence-corrected chi connectivity index (χ3v) is 6.23. The van der Waals surface area contributed by atoms with Crippen LogP contribution in [0.5, 0.6) is 0 Å². The number of nitrogens with zero attached hydrogens (tertiary/aromatic N) is 4. The number of hydrogen-bond acceptors (Lipinski definition) is 7. The van der Waals surface area contributed by atoms with Crippen molar-refractivity contribution < 1.29 is 12.7 Å². The summed E-state index contributed by atoms with van der Waals surface area (Å²) in [7, 11) is 9.40. The quantitative estimate of drug-likeness (QED) is 0.481. The molecule has 2 aromatic rings. The van der Waals surface area contributed by atoms with Gasteiger partial charge in [0.25, 0.3) is 0 Å². The van der Waals surface area contributed by atoms with Crippen LogP contribution in [0.25, 0.3) is 0 Å². The van der Waals surface area contributed by atoms with E-state index in [1.165, 1.54) is 9.81 Å². The van der Waals surface area contributed by atoms with E-state index < -0.39 is 0 Å². The molecule has 1 aliphatic rings. The number of thioether (sulfide) groups is 2. The van der Waals surface area contributed by atoms with Crippen molar-refractivity contribution in [2.45, 2.75) is 17.4 Å². The molecule has 2 aromatic heterocycles. The monoisotopic (exact) mass is 460 g/mol. The van der Waals surface area contributed by atoms with Crippen LogP contribution in [-0.2, 0) is 25.5 Å². The summed E-state index contributed by atoms with van der Waals surface area (Å²) in [4.78, 5) is 19.7. The van der Waals surface area contributed by atoms with Gasteiger partial charge in [0.2, 0.25) is 0 Å². The van der Waals surface area contributed by atoms with Crippen molar-refractivity contribution in [2.75, 3.05) is 0 Å². The minimum absolute atomic E-state index is 0.275. The molecule has 10 heteroatoms. The summed E-state index contributed by atoms with van der Waals surface area (Å²) < 4.78 is 0.275. The first-order chi connectivity index (χ1) is 11.8. The summed E-state index contributed by atoms with van der Waals surface area (Å²) >= 11 is 9.22. The second kappa shape index (κ2) is 11.4. The van der Waals surface area contributed by atoms with Crippen LogP contribution in [0, 0.1) is 0 Å². The van der Waals surface area contributed by atoms with E-state index in [0.717, 1.165) is 24.5 Å². The molecule has 0 aromatic carbocycles. The van der Waals surface area contributed by atoms with Crippen molar-refractivity contribution in [1.29, 1.82) is 0 Å². The van der Waals surface area contributed by atoms with E-state index in [1.807, 2.05) is 12.1 Å². The Morgan fingerprint density at radius 1 is 0.917 bits per heavy atom. The fourth-order valence-electron chi connectivity index (χ4n) is 1.90. The Labute approximate surface area is 169 Å². The standard InChI is InChI=1S/C14H12N4S3.2ClH.Ni/c19-9-14-20-10(7-12-15-3-1-4-16-12)11(21-14)8-13-17-5-2-6-18-13;;;/h1-6,9,14H,7-8H2;2*1H;/q;;;+2/p-2. The molecule has 0 bridgehead atoms. The molecule has 1 aliphatic heterocycles. The Balaban J connectivity index is 0.000000647. The van der Waals surface area contributed by atoms with Gasteiger partial charge in [0.1, 0.15) is 11.6 Å². The van der Waals surface area contributed by atoms with Crippen molar-refractivity contribution >= 4 is 61.5 Å². The van der Waals surface area contributed by atoms with Gasteiger partial charge in [-0.05, 0) is 12.1 Å². The second-order valence-electron chi connectivity index (χ2n) is 4.32. The van der Waals surface area contributed by atoms with Crippen LogP contribution in [0.4, 0.5) is 0 Å². The van der Waals surface area contributed by atoms with Gasteiger partial charge in [-0.1, -0.05) is 12.2 Å². The third-order valence-electron chi connectivity index (χ3n) is 2.81. The molecule has 24 heavy (non-hydrogen) atoms. The van der Waals surface area contributed by atoms with Crippen LogP contribution < -0.4 is 0 Å². The molecule has 130 valence electrons. The Morgan fingerprint density at radius 2 is 1.29 bits per heavy atom. The van der Waals surface area contributed by atoms with Gasteiger partial charge in [-0.25, -0.2) is 19.9 Å². The molecule has 0 spiro atoms. The minimum atomic E-state index is 0.275. The summed E-state index contributed by atoms with van der Waals surface area (Å²) in [6.45, 7) is 0. The van der Waals surface area contributed by atoms with E-state index in [4.69, 9.17) is 32.6 Å². The molecular formula is C14H12Cl2N4NiS3. The number of allylic oxidation sites excluding steroid dienone is 2. The third kappa shape index (κ3) is 6.58. The zero-order valence-corrected chi connectivity index (χ0v) is 17.1. The molecule has 3 heterocycles. The Hall–Kier alpha value is -0.236. The van der Waals surface area contributed by atoms with Gasteiger partial charge >= 0.3 is 33.0 Å². The average molecular weight is 462 g/mol. The molecule has 0 N–H and O–H groups in total. The van der Waals surface area contributed by atoms with E-state index in [-0.39, 0.29) is 4.58 Å². The molecule has 0 amide bonds. The van der Waals surface area contributed by atoms with Crippen molar-refractivity contribution in [3.63, 3.8) is 0 Å². The normalized spacial score (nSPS) is 14.4.